The van der Waals surface area contributed by atoms with E-state index in [0.717, 1.165) is 4.68 Å². The lowest BCUT2D eigenvalue weighted by Crippen LogP contribution is -2.11. The van der Waals surface area contributed by atoms with Crippen molar-refractivity contribution in [1.82, 2.24) is 15.0 Å². The predicted octanol–water partition coefficient (Wildman–Crippen LogP) is 0.201. The van der Waals surface area contributed by atoms with Crippen LogP contribution >= 0.6 is 0 Å². The molecule has 1 aromatic rings. The highest BCUT2D eigenvalue weighted by Gasteiger charge is 2.03. The van der Waals surface area contributed by atoms with Crippen molar-refractivity contribution in [2.24, 2.45) is 0 Å². The van der Waals surface area contributed by atoms with Crippen molar-refractivity contribution in [2.45, 2.75) is 6.92 Å². The minimum absolute atomic E-state index is 0.527. The SMILES string of the molecule is COC(=O)n1cc(C)nn1. The van der Waals surface area contributed by atoms with Crippen LogP contribution in [0.4, 0.5) is 4.79 Å². The third kappa shape index (κ3) is 1.12. The number of hydrogen-bond donors (Lipinski definition) is 0. The van der Waals surface area contributed by atoms with Gasteiger partial charge in [-0.3, -0.25) is 0 Å². The topological polar surface area (TPSA) is 57.0 Å². The molecule has 54 valence electrons. The Kier molecular flexibility index (Phi) is 1.66. The summed E-state index contributed by atoms with van der Waals surface area (Å²) in [7, 11) is 1.29. The van der Waals surface area contributed by atoms with Crippen LogP contribution in [0.15, 0.2) is 6.20 Å². The molecule has 0 aliphatic rings. The monoisotopic (exact) mass is 141 g/mol. The number of carbonyl (C=O) groups is 1. The molecule has 1 heterocycles. The van der Waals surface area contributed by atoms with Crippen LogP contribution in [0.5, 0.6) is 0 Å². The summed E-state index contributed by atoms with van der Waals surface area (Å²) in [5.74, 6) is 0. The molecule has 0 saturated heterocycles. The van der Waals surface area contributed by atoms with Crippen LogP contribution < -0.4 is 0 Å². The average molecular weight is 141 g/mol. The van der Waals surface area contributed by atoms with Gasteiger partial charge in [-0.05, 0) is 6.92 Å². The van der Waals surface area contributed by atoms with E-state index in [-0.39, 0.29) is 0 Å². The van der Waals surface area contributed by atoms with Gasteiger partial charge in [0.05, 0.1) is 19.0 Å². The third-order valence-corrected chi connectivity index (χ3v) is 0.970. The zero-order valence-corrected chi connectivity index (χ0v) is 5.74. The Balaban J connectivity index is 2.85. The Labute approximate surface area is 57.6 Å². The van der Waals surface area contributed by atoms with Crippen LogP contribution in [0.1, 0.15) is 5.69 Å². The maximum absolute atomic E-state index is 10.7. The summed E-state index contributed by atoms with van der Waals surface area (Å²) in [6, 6.07) is 0. The van der Waals surface area contributed by atoms with E-state index >= 15 is 0 Å². The highest BCUT2D eigenvalue weighted by atomic mass is 16.5. The van der Waals surface area contributed by atoms with Crippen molar-refractivity contribution in [2.75, 3.05) is 7.11 Å². The van der Waals surface area contributed by atoms with E-state index in [1.807, 2.05) is 0 Å². The first kappa shape index (κ1) is 6.73. The molecule has 5 nitrogen and oxygen atoms in total. The van der Waals surface area contributed by atoms with E-state index in [2.05, 4.69) is 15.0 Å². The van der Waals surface area contributed by atoms with Crippen molar-refractivity contribution >= 4 is 6.09 Å². The molecule has 5 heteroatoms. The van der Waals surface area contributed by atoms with Crippen molar-refractivity contribution in [3.63, 3.8) is 0 Å². The van der Waals surface area contributed by atoms with E-state index in [1.54, 1.807) is 6.92 Å². The smallest absolute Gasteiger partial charge is 0.435 e. The number of methoxy groups -OCH3 is 1. The summed E-state index contributed by atoms with van der Waals surface area (Å²) in [6.45, 7) is 1.74. The number of aromatic nitrogens is 3. The minimum Gasteiger partial charge on any atom is -0.451 e. The number of carbonyl (C=O) groups excluding carboxylic acids is 1. The Morgan fingerprint density at radius 2 is 2.50 bits per heavy atom. The van der Waals surface area contributed by atoms with Crippen molar-refractivity contribution in [1.29, 1.82) is 0 Å². The quantitative estimate of drug-likeness (QED) is 0.518. The molecule has 0 aliphatic heterocycles. The molecule has 0 atom stereocenters. The lowest BCUT2D eigenvalue weighted by atomic mass is 10.6. The number of aryl methyl sites for hydroxylation is 1. The van der Waals surface area contributed by atoms with Gasteiger partial charge >= 0.3 is 6.09 Å². The zero-order chi connectivity index (χ0) is 7.56. The molecular formula is C5H7N3O2. The molecular weight excluding hydrogens is 134 g/mol. The van der Waals surface area contributed by atoms with Gasteiger partial charge in [-0.1, -0.05) is 5.21 Å². The lowest BCUT2D eigenvalue weighted by molar-refractivity contribution is 0.168. The van der Waals surface area contributed by atoms with Crippen LogP contribution in [0, 0.1) is 6.92 Å². The Morgan fingerprint density at radius 1 is 1.80 bits per heavy atom. The Hall–Kier alpha value is -1.39. The summed E-state index contributed by atoms with van der Waals surface area (Å²) in [6.07, 6.45) is 0.965. The van der Waals surface area contributed by atoms with Gasteiger partial charge in [0.2, 0.25) is 0 Å². The normalized spacial score (nSPS) is 9.40. The highest BCUT2D eigenvalue weighted by Crippen LogP contribution is 1.89. The third-order valence-electron chi connectivity index (χ3n) is 0.970. The van der Waals surface area contributed by atoms with E-state index in [9.17, 15) is 4.79 Å². The molecule has 0 N–H and O–H groups in total. The van der Waals surface area contributed by atoms with E-state index in [1.165, 1.54) is 13.3 Å². The summed E-state index contributed by atoms with van der Waals surface area (Å²) in [4.78, 5) is 10.7. The lowest BCUT2D eigenvalue weighted by Gasteiger charge is -1.92. The molecule has 0 spiro atoms. The van der Waals surface area contributed by atoms with E-state index < -0.39 is 6.09 Å². The first-order valence-electron chi connectivity index (χ1n) is 2.71. The van der Waals surface area contributed by atoms with Gasteiger partial charge in [-0.2, -0.15) is 4.68 Å². The summed E-state index contributed by atoms with van der Waals surface area (Å²) in [5.41, 5.74) is 0.686. The Bertz CT molecular complexity index is 243. The second-order valence-electron chi connectivity index (χ2n) is 1.77. The summed E-state index contributed by atoms with van der Waals surface area (Å²) >= 11 is 0. The van der Waals surface area contributed by atoms with Gasteiger partial charge in [-0.15, -0.1) is 5.10 Å². The van der Waals surface area contributed by atoms with Gasteiger partial charge in [-0.25, -0.2) is 4.79 Å². The maximum Gasteiger partial charge on any atom is 0.435 e. The zero-order valence-electron chi connectivity index (χ0n) is 5.74. The Morgan fingerprint density at radius 3 is 2.90 bits per heavy atom. The van der Waals surface area contributed by atoms with Gasteiger partial charge in [0, 0.05) is 0 Å². The van der Waals surface area contributed by atoms with Crippen LogP contribution in [0.3, 0.4) is 0 Å². The maximum atomic E-state index is 10.7. The highest BCUT2D eigenvalue weighted by molar-refractivity contribution is 5.68. The van der Waals surface area contributed by atoms with Crippen molar-refractivity contribution in [3.8, 4) is 0 Å². The van der Waals surface area contributed by atoms with Crippen molar-refractivity contribution < 1.29 is 9.53 Å². The molecule has 0 aliphatic carbocycles. The van der Waals surface area contributed by atoms with Crippen LogP contribution in [-0.2, 0) is 4.74 Å². The molecule has 0 saturated carbocycles. The molecule has 0 aromatic carbocycles. The second-order valence-corrected chi connectivity index (χ2v) is 1.77. The largest absolute Gasteiger partial charge is 0.451 e. The number of nitrogens with zero attached hydrogens (tertiary/aromatic N) is 3. The molecule has 0 fully saturated rings. The predicted molar refractivity (Wildman–Crippen MR) is 32.6 cm³/mol. The fourth-order valence-electron chi connectivity index (χ4n) is 0.530. The molecule has 1 aromatic heterocycles. The fourth-order valence-corrected chi connectivity index (χ4v) is 0.530. The van der Waals surface area contributed by atoms with E-state index in [4.69, 9.17) is 0 Å². The standard InChI is InChI=1S/C5H7N3O2/c1-4-3-8(7-6-4)5(9)10-2/h3H,1-2H3. The molecule has 10 heavy (non-hydrogen) atoms. The first-order valence-corrected chi connectivity index (χ1v) is 2.71. The fraction of sp³-hybridized carbons (Fsp3) is 0.400. The molecule has 1 rings (SSSR count). The van der Waals surface area contributed by atoms with Gasteiger partial charge in [0.1, 0.15) is 0 Å². The first-order chi connectivity index (χ1) is 4.74. The van der Waals surface area contributed by atoms with Crippen LogP contribution in [0.25, 0.3) is 0 Å². The van der Waals surface area contributed by atoms with Gasteiger partial charge in [0.25, 0.3) is 0 Å². The number of hydrogen-bond acceptors (Lipinski definition) is 4. The van der Waals surface area contributed by atoms with Crippen LogP contribution in [0.2, 0.25) is 0 Å². The second kappa shape index (κ2) is 2.47. The van der Waals surface area contributed by atoms with Gasteiger partial charge < -0.3 is 4.74 Å². The molecule has 0 bridgehead atoms. The van der Waals surface area contributed by atoms with Crippen molar-refractivity contribution in [3.05, 3.63) is 11.9 Å². The molecule has 0 amide bonds. The summed E-state index contributed by atoms with van der Waals surface area (Å²) in [5, 5.41) is 7.08. The van der Waals surface area contributed by atoms with E-state index in [0.29, 0.717) is 5.69 Å². The summed E-state index contributed by atoms with van der Waals surface area (Å²) < 4.78 is 5.41. The number of ether oxygens (including phenoxy) is 1. The van der Waals surface area contributed by atoms with Crippen LogP contribution in [-0.4, -0.2) is 28.2 Å². The average Bonchev–Trinajstić information content (AvgIpc) is 2.34. The number of rotatable bonds is 0. The molecule has 0 unspecified atom stereocenters. The molecule has 0 radical (unpaired) electrons. The van der Waals surface area contributed by atoms with Gasteiger partial charge in [0.15, 0.2) is 0 Å². The minimum atomic E-state index is -0.527.